The van der Waals surface area contributed by atoms with Gasteiger partial charge in [-0.15, -0.1) is 0 Å². The maximum atomic E-state index is 12.7. The van der Waals surface area contributed by atoms with Gasteiger partial charge in [-0.25, -0.2) is 0 Å². The minimum atomic E-state index is -0.347. The van der Waals surface area contributed by atoms with Crippen molar-refractivity contribution in [3.63, 3.8) is 0 Å². The lowest BCUT2D eigenvalue weighted by Gasteiger charge is -2.34. The molecular weight excluding hydrogens is 268 g/mol. The van der Waals surface area contributed by atoms with Gasteiger partial charge in [-0.2, -0.15) is 0 Å². The molecule has 1 aromatic rings. The second-order valence-corrected chi connectivity index (χ2v) is 5.55. The minimum Gasteiger partial charge on any atom is -0.493 e. The highest BCUT2D eigenvalue weighted by Gasteiger charge is 2.32. The first kappa shape index (κ1) is 13.9. The van der Waals surface area contributed by atoms with Gasteiger partial charge in [0.15, 0.2) is 0 Å². The van der Waals surface area contributed by atoms with Gasteiger partial charge in [0.05, 0.1) is 6.61 Å². The number of nitrogens with zero attached hydrogens (tertiary/aromatic N) is 1. The standard InChI is InChI=1S/C16H20N2O3/c1-17-15(19)13-4-2-3-8-18(13)16(20)12-5-6-14-11(10-12)7-9-21-14/h5-6,10,13H,2-4,7-9H2,1H3,(H,17,19)/t13-/m0/s1. The summed E-state index contributed by atoms with van der Waals surface area (Å²) >= 11 is 0. The van der Waals surface area contributed by atoms with Crippen LogP contribution in [0.15, 0.2) is 18.2 Å². The molecule has 2 aliphatic heterocycles. The molecule has 1 N–H and O–H groups in total. The summed E-state index contributed by atoms with van der Waals surface area (Å²) in [7, 11) is 1.62. The van der Waals surface area contributed by atoms with Crippen molar-refractivity contribution in [1.82, 2.24) is 10.2 Å². The summed E-state index contributed by atoms with van der Waals surface area (Å²) in [6, 6.07) is 5.21. The van der Waals surface area contributed by atoms with Crippen LogP contribution in [0.2, 0.25) is 0 Å². The van der Waals surface area contributed by atoms with E-state index in [4.69, 9.17) is 4.74 Å². The zero-order chi connectivity index (χ0) is 14.8. The summed E-state index contributed by atoms with van der Waals surface area (Å²) in [5.41, 5.74) is 1.73. The van der Waals surface area contributed by atoms with Crippen LogP contribution in [0.5, 0.6) is 5.75 Å². The lowest BCUT2D eigenvalue weighted by Crippen LogP contribution is -2.51. The molecule has 1 fully saturated rings. The van der Waals surface area contributed by atoms with Gasteiger partial charge in [0.25, 0.3) is 5.91 Å². The molecule has 0 radical (unpaired) electrons. The molecule has 0 aliphatic carbocycles. The molecule has 1 saturated heterocycles. The van der Waals surface area contributed by atoms with Crippen LogP contribution in [0.4, 0.5) is 0 Å². The molecule has 1 atom stereocenters. The molecule has 112 valence electrons. The lowest BCUT2D eigenvalue weighted by atomic mass is 9.99. The fourth-order valence-corrected chi connectivity index (χ4v) is 3.10. The Morgan fingerprint density at radius 3 is 3.00 bits per heavy atom. The number of nitrogens with one attached hydrogen (secondary N) is 1. The van der Waals surface area contributed by atoms with Crippen molar-refractivity contribution in [3.8, 4) is 5.75 Å². The fourth-order valence-electron chi connectivity index (χ4n) is 3.10. The molecule has 0 unspecified atom stereocenters. The first-order valence-electron chi connectivity index (χ1n) is 7.49. The van der Waals surface area contributed by atoms with E-state index in [0.717, 1.165) is 37.0 Å². The topological polar surface area (TPSA) is 58.6 Å². The Hall–Kier alpha value is -2.04. The van der Waals surface area contributed by atoms with Crippen molar-refractivity contribution >= 4 is 11.8 Å². The number of piperidine rings is 1. The Morgan fingerprint density at radius 2 is 2.19 bits per heavy atom. The van der Waals surface area contributed by atoms with Crippen molar-refractivity contribution in [2.75, 3.05) is 20.2 Å². The van der Waals surface area contributed by atoms with E-state index in [9.17, 15) is 9.59 Å². The van der Waals surface area contributed by atoms with Crippen molar-refractivity contribution in [3.05, 3.63) is 29.3 Å². The van der Waals surface area contributed by atoms with Gasteiger partial charge in [0.2, 0.25) is 5.91 Å². The summed E-state index contributed by atoms with van der Waals surface area (Å²) in [4.78, 5) is 26.4. The minimum absolute atomic E-state index is 0.0574. The number of likely N-dealkylation sites (tertiary alicyclic amines) is 1. The van der Waals surface area contributed by atoms with E-state index in [1.54, 1.807) is 18.0 Å². The fraction of sp³-hybridized carbons (Fsp3) is 0.500. The number of carbonyl (C=O) groups is 2. The average molecular weight is 288 g/mol. The van der Waals surface area contributed by atoms with Crippen LogP contribution >= 0.6 is 0 Å². The second kappa shape index (κ2) is 5.76. The summed E-state index contributed by atoms with van der Waals surface area (Å²) in [6.45, 7) is 1.32. The quantitative estimate of drug-likeness (QED) is 0.894. The van der Waals surface area contributed by atoms with Gasteiger partial charge < -0.3 is 15.0 Å². The number of amides is 2. The van der Waals surface area contributed by atoms with E-state index in [0.29, 0.717) is 18.7 Å². The first-order valence-corrected chi connectivity index (χ1v) is 7.49. The zero-order valence-corrected chi connectivity index (χ0v) is 12.2. The Kier molecular flexibility index (Phi) is 3.82. The summed E-state index contributed by atoms with van der Waals surface area (Å²) in [5.74, 6) is 0.735. The third-order valence-corrected chi connectivity index (χ3v) is 4.25. The van der Waals surface area contributed by atoms with Crippen LogP contribution < -0.4 is 10.1 Å². The van der Waals surface area contributed by atoms with Gasteiger partial charge >= 0.3 is 0 Å². The van der Waals surface area contributed by atoms with E-state index >= 15 is 0 Å². The van der Waals surface area contributed by atoms with E-state index in [-0.39, 0.29) is 17.9 Å². The number of hydrogen-bond acceptors (Lipinski definition) is 3. The number of ether oxygens (including phenoxy) is 1. The molecule has 2 amide bonds. The van der Waals surface area contributed by atoms with E-state index in [2.05, 4.69) is 5.32 Å². The van der Waals surface area contributed by atoms with Crippen molar-refractivity contribution in [2.24, 2.45) is 0 Å². The van der Waals surface area contributed by atoms with Crippen LogP contribution in [0.25, 0.3) is 0 Å². The summed E-state index contributed by atoms with van der Waals surface area (Å²) < 4.78 is 5.47. The van der Waals surface area contributed by atoms with Crippen LogP contribution in [-0.4, -0.2) is 43.0 Å². The summed E-state index contributed by atoms with van der Waals surface area (Å²) in [5, 5.41) is 2.66. The molecule has 5 heteroatoms. The Bertz CT molecular complexity index is 571. The highest BCUT2D eigenvalue weighted by molar-refractivity contribution is 5.98. The molecule has 2 heterocycles. The molecule has 0 bridgehead atoms. The molecule has 0 saturated carbocycles. The predicted octanol–water partition coefficient (Wildman–Crippen LogP) is 1.36. The molecule has 21 heavy (non-hydrogen) atoms. The average Bonchev–Trinajstić information content (AvgIpc) is 3.01. The molecule has 2 aliphatic rings. The summed E-state index contributed by atoms with van der Waals surface area (Å²) in [6.07, 6.45) is 3.52. The van der Waals surface area contributed by atoms with Crippen LogP contribution in [0, 0.1) is 0 Å². The van der Waals surface area contributed by atoms with Gasteiger partial charge in [-0.05, 0) is 43.0 Å². The van der Waals surface area contributed by atoms with Gasteiger partial charge in [0, 0.05) is 25.6 Å². The zero-order valence-electron chi connectivity index (χ0n) is 12.2. The van der Waals surface area contributed by atoms with Crippen molar-refractivity contribution in [2.45, 2.75) is 31.7 Å². The number of hydrogen-bond donors (Lipinski definition) is 1. The third-order valence-electron chi connectivity index (χ3n) is 4.25. The number of fused-ring (bicyclic) bond motifs is 1. The highest BCUT2D eigenvalue weighted by atomic mass is 16.5. The Balaban J connectivity index is 1.84. The number of likely N-dealkylation sites (N-methyl/N-ethyl adjacent to an activating group) is 1. The molecule has 5 nitrogen and oxygen atoms in total. The molecule has 0 aromatic heterocycles. The molecule has 0 spiro atoms. The number of benzene rings is 1. The van der Waals surface area contributed by atoms with Crippen molar-refractivity contribution < 1.29 is 14.3 Å². The lowest BCUT2D eigenvalue weighted by molar-refractivity contribution is -0.126. The van der Waals surface area contributed by atoms with Gasteiger partial charge in [-0.1, -0.05) is 0 Å². The smallest absolute Gasteiger partial charge is 0.254 e. The first-order chi connectivity index (χ1) is 10.2. The van der Waals surface area contributed by atoms with E-state index < -0.39 is 0 Å². The second-order valence-electron chi connectivity index (χ2n) is 5.55. The Labute approximate surface area is 124 Å². The van der Waals surface area contributed by atoms with Crippen LogP contribution in [0.1, 0.15) is 35.2 Å². The van der Waals surface area contributed by atoms with Crippen LogP contribution in [-0.2, 0) is 11.2 Å². The van der Waals surface area contributed by atoms with Gasteiger partial charge in [-0.3, -0.25) is 9.59 Å². The normalized spacial score (nSPS) is 20.6. The maximum Gasteiger partial charge on any atom is 0.254 e. The third kappa shape index (κ3) is 2.60. The highest BCUT2D eigenvalue weighted by Crippen LogP contribution is 2.27. The van der Waals surface area contributed by atoms with E-state index in [1.807, 2.05) is 12.1 Å². The molecule has 1 aromatic carbocycles. The predicted molar refractivity (Wildman–Crippen MR) is 78.4 cm³/mol. The largest absolute Gasteiger partial charge is 0.493 e. The molecule has 3 rings (SSSR count). The Morgan fingerprint density at radius 1 is 1.33 bits per heavy atom. The SMILES string of the molecule is CNC(=O)[C@@H]1CCCCN1C(=O)c1ccc2c(c1)CCO2. The number of carbonyl (C=O) groups excluding carboxylic acids is 2. The monoisotopic (exact) mass is 288 g/mol. The van der Waals surface area contributed by atoms with Crippen LogP contribution in [0.3, 0.4) is 0 Å². The van der Waals surface area contributed by atoms with Crippen molar-refractivity contribution in [1.29, 1.82) is 0 Å². The molecular formula is C16H20N2O3. The number of rotatable bonds is 2. The van der Waals surface area contributed by atoms with E-state index in [1.165, 1.54) is 0 Å². The maximum absolute atomic E-state index is 12.7. The van der Waals surface area contributed by atoms with Gasteiger partial charge in [0.1, 0.15) is 11.8 Å².